The van der Waals surface area contributed by atoms with E-state index in [-0.39, 0.29) is 5.75 Å². The number of nitrogens with zero attached hydrogens (tertiary/aromatic N) is 5. The minimum atomic E-state index is -5.68. The topological polar surface area (TPSA) is 65.2 Å². The standard InChI is InChI=1S/C19H12F5N5O/c20-18(21,19(22,23)24)10-30-14-2-3-15(27-7-14)16-9-29-8-12(1-4-17(29)28-16)13-5-25-11-26-6-13/h1-9,11H,10H2. The van der Waals surface area contributed by atoms with Crippen LogP contribution in [0.25, 0.3) is 28.2 Å². The predicted molar refractivity (Wildman–Crippen MR) is 95.9 cm³/mol. The van der Waals surface area contributed by atoms with Gasteiger partial charge in [0.2, 0.25) is 0 Å². The molecule has 0 radical (unpaired) electrons. The van der Waals surface area contributed by atoms with Crippen LogP contribution in [-0.2, 0) is 0 Å². The van der Waals surface area contributed by atoms with Crippen LogP contribution >= 0.6 is 0 Å². The van der Waals surface area contributed by atoms with E-state index in [0.717, 1.165) is 17.3 Å². The number of imidazole rings is 1. The first-order valence-corrected chi connectivity index (χ1v) is 8.51. The average Bonchev–Trinajstić information content (AvgIpc) is 3.16. The lowest BCUT2D eigenvalue weighted by atomic mass is 10.1. The molecule has 0 unspecified atom stereocenters. The van der Waals surface area contributed by atoms with Crippen molar-refractivity contribution in [3.8, 4) is 28.3 Å². The molecule has 0 N–H and O–H groups in total. The number of halogens is 5. The molecule has 0 aliphatic heterocycles. The Labute approximate surface area is 166 Å². The molecule has 0 spiro atoms. The van der Waals surface area contributed by atoms with Gasteiger partial charge in [0.05, 0.1) is 11.9 Å². The van der Waals surface area contributed by atoms with E-state index in [1.165, 1.54) is 18.5 Å². The van der Waals surface area contributed by atoms with E-state index in [0.29, 0.717) is 17.0 Å². The number of fused-ring (bicyclic) bond motifs is 1. The Hall–Kier alpha value is -3.63. The Morgan fingerprint density at radius 3 is 2.27 bits per heavy atom. The number of ether oxygens (including phenoxy) is 1. The molecule has 0 amide bonds. The third kappa shape index (κ3) is 3.91. The highest BCUT2D eigenvalue weighted by atomic mass is 19.4. The van der Waals surface area contributed by atoms with Gasteiger partial charge in [0.1, 0.15) is 23.4 Å². The van der Waals surface area contributed by atoms with E-state index in [1.807, 2.05) is 12.3 Å². The third-order valence-electron chi connectivity index (χ3n) is 4.18. The molecule has 4 rings (SSSR count). The Morgan fingerprint density at radius 1 is 0.833 bits per heavy atom. The summed E-state index contributed by atoms with van der Waals surface area (Å²) in [7, 11) is 0. The van der Waals surface area contributed by atoms with E-state index in [9.17, 15) is 22.0 Å². The van der Waals surface area contributed by atoms with Crippen LogP contribution in [0.1, 0.15) is 0 Å². The van der Waals surface area contributed by atoms with Crippen molar-refractivity contribution in [2.75, 3.05) is 6.61 Å². The zero-order valence-electron chi connectivity index (χ0n) is 15.0. The van der Waals surface area contributed by atoms with Gasteiger partial charge in [-0.15, -0.1) is 0 Å². The fourth-order valence-corrected chi connectivity index (χ4v) is 2.61. The molecule has 0 aliphatic carbocycles. The van der Waals surface area contributed by atoms with Gasteiger partial charge in [-0.3, -0.25) is 4.98 Å². The molecule has 0 saturated carbocycles. The highest BCUT2D eigenvalue weighted by Crippen LogP contribution is 2.35. The van der Waals surface area contributed by atoms with Crippen LogP contribution in [0.15, 0.2) is 61.6 Å². The normalized spacial score (nSPS) is 12.3. The summed E-state index contributed by atoms with van der Waals surface area (Å²) in [6, 6.07) is 6.33. The fraction of sp³-hybridized carbons (Fsp3) is 0.158. The summed E-state index contributed by atoms with van der Waals surface area (Å²) in [5.41, 5.74) is 3.22. The second-order valence-corrected chi connectivity index (χ2v) is 6.31. The van der Waals surface area contributed by atoms with Gasteiger partial charge in [0, 0.05) is 35.9 Å². The fourth-order valence-electron chi connectivity index (χ4n) is 2.61. The van der Waals surface area contributed by atoms with Crippen LogP contribution in [0, 0.1) is 0 Å². The zero-order chi connectivity index (χ0) is 21.4. The highest BCUT2D eigenvalue weighted by molar-refractivity contribution is 5.65. The van der Waals surface area contributed by atoms with Gasteiger partial charge in [0.25, 0.3) is 0 Å². The summed E-state index contributed by atoms with van der Waals surface area (Å²) in [6.07, 6.45) is 3.72. The molecular weight excluding hydrogens is 409 g/mol. The molecule has 0 saturated heterocycles. The third-order valence-corrected chi connectivity index (χ3v) is 4.18. The largest absolute Gasteiger partial charge is 0.485 e. The molecule has 4 aromatic rings. The molecule has 0 bridgehead atoms. The molecule has 0 aromatic carbocycles. The summed E-state index contributed by atoms with van der Waals surface area (Å²) in [5.74, 6) is -5.16. The molecule has 30 heavy (non-hydrogen) atoms. The Morgan fingerprint density at radius 2 is 1.60 bits per heavy atom. The zero-order valence-corrected chi connectivity index (χ0v) is 15.0. The Kier molecular flexibility index (Phi) is 4.80. The van der Waals surface area contributed by atoms with Crippen LogP contribution in [0.4, 0.5) is 22.0 Å². The van der Waals surface area contributed by atoms with E-state index in [4.69, 9.17) is 0 Å². The Bertz CT molecular complexity index is 1160. The van der Waals surface area contributed by atoms with Gasteiger partial charge in [-0.05, 0) is 24.3 Å². The van der Waals surface area contributed by atoms with Crippen molar-refractivity contribution >= 4 is 5.65 Å². The molecule has 4 heterocycles. The van der Waals surface area contributed by atoms with E-state index in [2.05, 4.69) is 24.7 Å². The molecule has 6 nitrogen and oxygen atoms in total. The monoisotopic (exact) mass is 421 g/mol. The maximum absolute atomic E-state index is 12.9. The summed E-state index contributed by atoms with van der Waals surface area (Å²) < 4.78 is 68.8. The lowest BCUT2D eigenvalue weighted by Gasteiger charge is -2.19. The molecule has 4 aromatic heterocycles. The molecule has 11 heteroatoms. The molecule has 0 fully saturated rings. The number of hydrogen-bond acceptors (Lipinski definition) is 5. The number of aromatic nitrogens is 5. The molecule has 154 valence electrons. The predicted octanol–water partition coefficient (Wildman–Crippen LogP) is 4.43. The quantitative estimate of drug-likeness (QED) is 0.446. The lowest BCUT2D eigenvalue weighted by molar-refractivity contribution is -0.290. The first-order valence-electron chi connectivity index (χ1n) is 8.51. The van der Waals surface area contributed by atoms with Gasteiger partial charge < -0.3 is 9.14 Å². The van der Waals surface area contributed by atoms with Crippen LogP contribution in [0.5, 0.6) is 5.75 Å². The maximum Gasteiger partial charge on any atom is 0.456 e. The second kappa shape index (κ2) is 7.32. The van der Waals surface area contributed by atoms with Gasteiger partial charge in [-0.1, -0.05) is 0 Å². The number of hydrogen-bond donors (Lipinski definition) is 0. The van der Waals surface area contributed by atoms with Gasteiger partial charge in [-0.2, -0.15) is 22.0 Å². The average molecular weight is 421 g/mol. The van der Waals surface area contributed by atoms with Crippen LogP contribution in [-0.4, -0.2) is 43.0 Å². The van der Waals surface area contributed by atoms with Crippen molar-refractivity contribution in [1.82, 2.24) is 24.3 Å². The van der Waals surface area contributed by atoms with Crippen molar-refractivity contribution in [3.05, 3.63) is 61.6 Å². The summed E-state index contributed by atoms with van der Waals surface area (Å²) in [4.78, 5) is 16.4. The molecular formula is C19H12F5N5O. The number of alkyl halides is 5. The minimum Gasteiger partial charge on any atom is -0.485 e. The summed E-state index contributed by atoms with van der Waals surface area (Å²) >= 11 is 0. The second-order valence-electron chi connectivity index (χ2n) is 6.31. The van der Waals surface area contributed by atoms with E-state index < -0.39 is 18.7 Å². The van der Waals surface area contributed by atoms with Gasteiger partial charge in [0.15, 0.2) is 6.61 Å². The summed E-state index contributed by atoms with van der Waals surface area (Å²) in [6.45, 7) is -1.82. The van der Waals surface area contributed by atoms with E-state index in [1.54, 1.807) is 29.1 Å². The summed E-state index contributed by atoms with van der Waals surface area (Å²) in [5, 5.41) is 0. The maximum atomic E-state index is 12.9. The number of pyridine rings is 2. The van der Waals surface area contributed by atoms with Crippen molar-refractivity contribution < 1.29 is 26.7 Å². The van der Waals surface area contributed by atoms with Crippen molar-refractivity contribution in [2.24, 2.45) is 0 Å². The van der Waals surface area contributed by atoms with Crippen LogP contribution in [0.3, 0.4) is 0 Å². The van der Waals surface area contributed by atoms with Crippen molar-refractivity contribution in [1.29, 1.82) is 0 Å². The van der Waals surface area contributed by atoms with Crippen molar-refractivity contribution in [3.63, 3.8) is 0 Å². The Balaban J connectivity index is 1.53. The highest BCUT2D eigenvalue weighted by Gasteiger charge is 2.58. The van der Waals surface area contributed by atoms with Gasteiger partial charge >= 0.3 is 12.1 Å². The molecule has 0 atom stereocenters. The SMILES string of the molecule is FC(F)(F)C(F)(F)COc1ccc(-c2cn3cc(-c4cncnc4)ccc3n2)nc1. The first kappa shape index (κ1) is 19.7. The van der Waals surface area contributed by atoms with Gasteiger partial charge in [-0.25, -0.2) is 15.0 Å². The minimum absolute atomic E-state index is 0.210. The van der Waals surface area contributed by atoms with Crippen molar-refractivity contribution in [2.45, 2.75) is 12.1 Å². The van der Waals surface area contributed by atoms with Crippen LogP contribution < -0.4 is 4.74 Å². The van der Waals surface area contributed by atoms with E-state index >= 15 is 0 Å². The lowest BCUT2D eigenvalue weighted by Crippen LogP contribution is -2.41. The van der Waals surface area contributed by atoms with Crippen LogP contribution in [0.2, 0.25) is 0 Å². The first-order chi connectivity index (χ1) is 14.2. The smallest absolute Gasteiger partial charge is 0.456 e. The number of rotatable bonds is 5. The molecule has 0 aliphatic rings.